The smallest absolute Gasteiger partial charge is 0.268 e. The molecule has 3 aromatic rings. The summed E-state index contributed by atoms with van der Waals surface area (Å²) in [6, 6.07) is 12.5. The van der Waals surface area contributed by atoms with Gasteiger partial charge in [0.1, 0.15) is 23.2 Å². The number of anilines is 1. The van der Waals surface area contributed by atoms with Crippen LogP contribution in [0.5, 0.6) is 5.75 Å². The van der Waals surface area contributed by atoms with Gasteiger partial charge in [-0.1, -0.05) is 23.7 Å². The molecule has 1 aliphatic heterocycles. The van der Waals surface area contributed by atoms with Crippen LogP contribution in [0.1, 0.15) is 29.8 Å². The highest BCUT2D eigenvalue weighted by Gasteiger charge is 2.33. The highest BCUT2D eigenvalue weighted by molar-refractivity contribution is 6.31. The first-order chi connectivity index (χ1) is 20.0. The number of piperazine rings is 1. The van der Waals surface area contributed by atoms with Crippen molar-refractivity contribution >= 4 is 35.0 Å². The second-order valence-electron chi connectivity index (χ2n) is 10.1. The van der Waals surface area contributed by atoms with Crippen LogP contribution in [0, 0.1) is 17.5 Å². The maximum Gasteiger partial charge on any atom is 0.268 e. The Balaban J connectivity index is 1.50. The zero-order valence-electron chi connectivity index (χ0n) is 23.0. The molecule has 0 saturated carbocycles. The van der Waals surface area contributed by atoms with Crippen molar-refractivity contribution in [3.63, 3.8) is 0 Å². The highest BCUT2D eigenvalue weighted by Crippen LogP contribution is 2.33. The molecule has 2 atom stereocenters. The molecule has 0 aliphatic carbocycles. The summed E-state index contributed by atoms with van der Waals surface area (Å²) < 4.78 is 47.0. The van der Waals surface area contributed by atoms with E-state index in [0.29, 0.717) is 30.6 Å². The van der Waals surface area contributed by atoms with Crippen molar-refractivity contribution in [2.75, 3.05) is 31.1 Å². The number of carbonyl (C=O) groups excluding carboxylic acids is 3. The lowest BCUT2D eigenvalue weighted by molar-refractivity contribution is -0.139. The van der Waals surface area contributed by atoms with E-state index in [0.717, 1.165) is 17.7 Å². The average molecular weight is 603 g/mol. The number of rotatable bonds is 8. The first-order valence-electron chi connectivity index (χ1n) is 13.2. The number of halogens is 4. The second-order valence-corrected chi connectivity index (χ2v) is 10.5. The molecule has 8 nitrogen and oxygen atoms in total. The Morgan fingerprint density at radius 2 is 1.64 bits per heavy atom. The Bertz CT molecular complexity index is 1470. The average Bonchev–Trinajstić information content (AvgIpc) is 2.95. The van der Waals surface area contributed by atoms with Crippen molar-refractivity contribution in [1.29, 1.82) is 0 Å². The standard InChI is InChI=1S/C30H30ClF3N4O4/c1-18-15-37(19(2)14-36(18)16-20-3-6-22(32)7-4-20)29(40)17-42-27-10-5-21(31)11-26(27)38(28(39)13-35)30(41)24-9-8-23(33)12-25(24)34/h3-12,18-19H,13-17,35H2,1-2H3/t18-,19+/m0/s1. The number of carbonyl (C=O) groups is 3. The van der Waals surface area contributed by atoms with Gasteiger partial charge in [-0.2, -0.15) is 0 Å². The van der Waals surface area contributed by atoms with Crippen molar-refractivity contribution in [2.24, 2.45) is 5.73 Å². The van der Waals surface area contributed by atoms with Gasteiger partial charge in [0.05, 0.1) is 17.8 Å². The minimum Gasteiger partial charge on any atom is -0.482 e. The van der Waals surface area contributed by atoms with Gasteiger partial charge < -0.3 is 15.4 Å². The minimum atomic E-state index is -1.17. The largest absolute Gasteiger partial charge is 0.482 e. The van der Waals surface area contributed by atoms with Gasteiger partial charge in [-0.15, -0.1) is 0 Å². The predicted octanol–water partition coefficient (Wildman–Crippen LogP) is 4.39. The molecule has 222 valence electrons. The lowest BCUT2D eigenvalue weighted by atomic mass is 10.1. The molecule has 4 rings (SSSR count). The van der Waals surface area contributed by atoms with Crippen LogP contribution < -0.4 is 15.4 Å². The van der Waals surface area contributed by atoms with Gasteiger partial charge in [0, 0.05) is 42.8 Å². The zero-order valence-corrected chi connectivity index (χ0v) is 23.8. The highest BCUT2D eigenvalue weighted by atomic mass is 35.5. The summed E-state index contributed by atoms with van der Waals surface area (Å²) in [4.78, 5) is 43.8. The van der Waals surface area contributed by atoms with Gasteiger partial charge in [0.15, 0.2) is 6.61 Å². The molecule has 0 unspecified atom stereocenters. The quantitative estimate of drug-likeness (QED) is 0.411. The molecule has 1 saturated heterocycles. The number of benzene rings is 3. The molecule has 3 aromatic carbocycles. The molecule has 1 fully saturated rings. The van der Waals surface area contributed by atoms with Crippen LogP contribution in [0.2, 0.25) is 5.02 Å². The minimum absolute atomic E-state index is 0.00203. The van der Waals surface area contributed by atoms with E-state index in [-0.39, 0.29) is 40.3 Å². The fraction of sp³-hybridized carbons (Fsp3) is 0.300. The fourth-order valence-electron chi connectivity index (χ4n) is 4.83. The van der Waals surface area contributed by atoms with Crippen molar-refractivity contribution < 1.29 is 32.3 Å². The molecular weight excluding hydrogens is 573 g/mol. The van der Waals surface area contributed by atoms with E-state index < -0.39 is 42.2 Å². The van der Waals surface area contributed by atoms with Gasteiger partial charge in [-0.05, 0) is 61.9 Å². The van der Waals surface area contributed by atoms with Crippen molar-refractivity contribution in [2.45, 2.75) is 32.5 Å². The van der Waals surface area contributed by atoms with Crippen LogP contribution in [0.25, 0.3) is 0 Å². The van der Waals surface area contributed by atoms with Crippen LogP contribution in [-0.2, 0) is 16.1 Å². The van der Waals surface area contributed by atoms with E-state index in [9.17, 15) is 27.6 Å². The molecule has 0 bridgehead atoms. The van der Waals surface area contributed by atoms with Crippen LogP contribution in [-0.4, -0.2) is 65.8 Å². The summed E-state index contributed by atoms with van der Waals surface area (Å²) in [5.41, 5.74) is 5.78. The molecule has 0 radical (unpaired) electrons. The van der Waals surface area contributed by atoms with Crippen LogP contribution in [0.3, 0.4) is 0 Å². The third-order valence-corrected chi connectivity index (χ3v) is 7.27. The molecule has 0 spiro atoms. The predicted molar refractivity (Wildman–Crippen MR) is 152 cm³/mol. The molecule has 3 amide bonds. The Morgan fingerprint density at radius 1 is 0.952 bits per heavy atom. The van der Waals surface area contributed by atoms with E-state index in [2.05, 4.69) is 4.90 Å². The number of hydrogen-bond donors (Lipinski definition) is 1. The number of amides is 3. The summed E-state index contributed by atoms with van der Waals surface area (Å²) in [6.45, 7) is 4.46. The maximum atomic E-state index is 14.5. The van der Waals surface area contributed by atoms with Gasteiger partial charge in [0.2, 0.25) is 5.91 Å². The lowest BCUT2D eigenvalue weighted by Crippen LogP contribution is -2.58. The molecule has 2 N–H and O–H groups in total. The van der Waals surface area contributed by atoms with Gasteiger partial charge in [-0.3, -0.25) is 19.3 Å². The van der Waals surface area contributed by atoms with Gasteiger partial charge >= 0.3 is 0 Å². The fourth-order valence-corrected chi connectivity index (χ4v) is 5.00. The summed E-state index contributed by atoms with van der Waals surface area (Å²) in [6.07, 6.45) is 0. The molecule has 12 heteroatoms. The molecule has 0 aromatic heterocycles. The van der Waals surface area contributed by atoms with Crippen LogP contribution in [0.15, 0.2) is 60.7 Å². The van der Waals surface area contributed by atoms with Crippen molar-refractivity contribution in [1.82, 2.24) is 9.80 Å². The van der Waals surface area contributed by atoms with E-state index in [1.54, 1.807) is 17.0 Å². The number of nitrogens with zero attached hydrogens (tertiary/aromatic N) is 3. The molecule has 1 aliphatic rings. The van der Waals surface area contributed by atoms with Crippen LogP contribution in [0.4, 0.5) is 18.9 Å². The zero-order chi connectivity index (χ0) is 30.6. The van der Waals surface area contributed by atoms with Gasteiger partial charge in [0.25, 0.3) is 11.8 Å². The molecule has 1 heterocycles. The summed E-state index contributed by atoms with van der Waals surface area (Å²) in [5.74, 6) is -4.75. The Hall–Kier alpha value is -3.93. The number of imide groups is 1. The van der Waals surface area contributed by atoms with E-state index in [1.165, 1.54) is 30.3 Å². The third-order valence-electron chi connectivity index (χ3n) is 7.04. The topological polar surface area (TPSA) is 96.2 Å². The maximum absolute atomic E-state index is 14.5. The van der Waals surface area contributed by atoms with E-state index in [4.69, 9.17) is 22.1 Å². The Kier molecular flexibility index (Phi) is 9.87. The monoisotopic (exact) mass is 602 g/mol. The summed E-state index contributed by atoms with van der Waals surface area (Å²) >= 11 is 6.15. The van der Waals surface area contributed by atoms with Gasteiger partial charge in [-0.25, -0.2) is 18.1 Å². The lowest BCUT2D eigenvalue weighted by Gasteiger charge is -2.44. The number of nitrogens with two attached hydrogens (primary N) is 1. The normalized spacial score (nSPS) is 17.2. The van der Waals surface area contributed by atoms with Crippen molar-refractivity contribution in [3.05, 3.63) is 94.3 Å². The first kappa shape index (κ1) is 31.0. The number of hydrogen-bond acceptors (Lipinski definition) is 6. The Morgan fingerprint density at radius 3 is 2.31 bits per heavy atom. The second kappa shape index (κ2) is 13.4. The molecule has 42 heavy (non-hydrogen) atoms. The summed E-state index contributed by atoms with van der Waals surface area (Å²) in [7, 11) is 0. The Labute approximate surface area is 246 Å². The van der Waals surface area contributed by atoms with Crippen LogP contribution >= 0.6 is 11.6 Å². The van der Waals surface area contributed by atoms with Crippen molar-refractivity contribution in [3.8, 4) is 5.75 Å². The first-order valence-corrected chi connectivity index (χ1v) is 13.6. The molecular formula is C30H30ClF3N4O4. The van der Waals surface area contributed by atoms with E-state index in [1.807, 2.05) is 13.8 Å². The third kappa shape index (κ3) is 7.10. The number of ether oxygens (including phenoxy) is 1. The SMILES string of the molecule is C[C@@H]1CN(Cc2ccc(F)cc2)[C@@H](C)CN1C(=O)COc1ccc(Cl)cc1N(C(=O)CN)C(=O)c1ccc(F)cc1F. The summed E-state index contributed by atoms with van der Waals surface area (Å²) in [5, 5.41) is 0.130. The van der Waals surface area contributed by atoms with E-state index >= 15 is 0 Å².